The Morgan fingerprint density at radius 3 is 2.75 bits per heavy atom. The summed E-state index contributed by atoms with van der Waals surface area (Å²) < 4.78 is 0. The molecule has 1 heteroatoms. The van der Waals surface area contributed by atoms with Crippen LogP contribution in [0.3, 0.4) is 0 Å². The molecule has 1 rings (SSSR count). The number of benzene rings is 1. The highest BCUT2D eigenvalue weighted by Gasteiger charge is 2.06. The van der Waals surface area contributed by atoms with Gasteiger partial charge in [0.1, 0.15) is 0 Å². The quantitative estimate of drug-likeness (QED) is 0.523. The molecule has 0 unspecified atom stereocenters. The smallest absolute Gasteiger partial charge is 0.0301 e. The standard InChI is InChI=1S/C15H17N/c1-5-7-13-8-6-9-14(10-13)15(11-16-4)12(2)3/h6-12H,1,4H2,2-3H3. The predicted octanol–water partition coefficient (Wildman–Crippen LogP) is 4.18. The Morgan fingerprint density at radius 1 is 1.44 bits per heavy atom. The average Bonchev–Trinajstić information content (AvgIpc) is 2.26. The Balaban J connectivity index is 3.20. The van der Waals surface area contributed by atoms with Crippen LogP contribution in [0.1, 0.15) is 25.0 Å². The summed E-state index contributed by atoms with van der Waals surface area (Å²) >= 11 is 0. The maximum Gasteiger partial charge on any atom is 0.0301 e. The molecule has 1 nitrogen and oxygen atoms in total. The van der Waals surface area contributed by atoms with Crippen LogP contribution >= 0.6 is 0 Å². The zero-order chi connectivity index (χ0) is 12.0. The maximum absolute atomic E-state index is 3.86. The van der Waals surface area contributed by atoms with Gasteiger partial charge in [0.25, 0.3) is 0 Å². The zero-order valence-corrected chi connectivity index (χ0v) is 9.90. The fraction of sp³-hybridized carbons (Fsp3) is 0.200. The van der Waals surface area contributed by atoms with Crippen molar-refractivity contribution in [2.75, 3.05) is 0 Å². The minimum atomic E-state index is 0.425. The van der Waals surface area contributed by atoms with E-state index < -0.39 is 0 Å². The van der Waals surface area contributed by atoms with E-state index in [4.69, 9.17) is 0 Å². The van der Waals surface area contributed by atoms with Crippen molar-refractivity contribution in [3.8, 4) is 0 Å². The minimum absolute atomic E-state index is 0.425. The molecular formula is C15H17N. The number of nitrogens with zero attached hydrogens (tertiary/aromatic N) is 1. The van der Waals surface area contributed by atoms with Gasteiger partial charge in [0.2, 0.25) is 0 Å². The van der Waals surface area contributed by atoms with Gasteiger partial charge in [-0.3, -0.25) is 4.99 Å². The van der Waals surface area contributed by atoms with Gasteiger partial charge >= 0.3 is 0 Å². The van der Waals surface area contributed by atoms with Gasteiger partial charge in [0, 0.05) is 6.20 Å². The largest absolute Gasteiger partial charge is 0.272 e. The van der Waals surface area contributed by atoms with E-state index in [1.54, 1.807) is 0 Å². The number of hydrogen-bond donors (Lipinski definition) is 0. The van der Waals surface area contributed by atoms with Gasteiger partial charge in [-0.25, -0.2) is 0 Å². The van der Waals surface area contributed by atoms with Gasteiger partial charge in [-0.05, 0) is 41.5 Å². The topological polar surface area (TPSA) is 12.4 Å². The average molecular weight is 211 g/mol. The van der Waals surface area contributed by atoms with Crippen molar-refractivity contribution >= 4 is 18.4 Å². The van der Waals surface area contributed by atoms with E-state index in [-0.39, 0.29) is 0 Å². The Kier molecular flexibility index (Phi) is 4.50. The lowest BCUT2D eigenvalue weighted by Crippen LogP contribution is -1.93. The summed E-state index contributed by atoms with van der Waals surface area (Å²) in [7, 11) is 0. The third kappa shape index (κ3) is 3.08. The minimum Gasteiger partial charge on any atom is -0.272 e. The lowest BCUT2D eigenvalue weighted by Gasteiger charge is -2.11. The fourth-order valence-corrected chi connectivity index (χ4v) is 1.58. The Labute approximate surface area is 97.5 Å². The first-order valence-electron chi connectivity index (χ1n) is 5.31. The van der Waals surface area contributed by atoms with Crippen molar-refractivity contribution in [3.63, 3.8) is 0 Å². The molecule has 0 saturated heterocycles. The summed E-state index contributed by atoms with van der Waals surface area (Å²) in [5.41, 5.74) is 6.24. The molecule has 1 aromatic rings. The van der Waals surface area contributed by atoms with Crippen molar-refractivity contribution in [3.05, 3.63) is 53.9 Å². The lowest BCUT2D eigenvalue weighted by molar-refractivity contribution is 0.853. The maximum atomic E-state index is 3.86. The van der Waals surface area contributed by atoms with Crippen LogP contribution in [0.25, 0.3) is 11.6 Å². The van der Waals surface area contributed by atoms with Crippen LogP contribution in [0.4, 0.5) is 0 Å². The van der Waals surface area contributed by atoms with Gasteiger partial charge in [-0.1, -0.05) is 38.6 Å². The summed E-state index contributed by atoms with van der Waals surface area (Å²) in [6, 6.07) is 8.24. The monoisotopic (exact) mass is 211 g/mol. The van der Waals surface area contributed by atoms with E-state index in [1.807, 2.05) is 24.4 Å². The van der Waals surface area contributed by atoms with E-state index in [1.165, 1.54) is 11.1 Å². The Bertz CT molecular complexity index is 446. The van der Waals surface area contributed by atoms with Crippen LogP contribution in [-0.2, 0) is 0 Å². The van der Waals surface area contributed by atoms with E-state index in [2.05, 4.69) is 50.0 Å². The molecule has 0 aliphatic heterocycles. The summed E-state index contributed by atoms with van der Waals surface area (Å²) in [5, 5.41) is 0. The molecule has 0 saturated carbocycles. The number of allylic oxidation sites excluding steroid dienone is 1. The second-order valence-electron chi connectivity index (χ2n) is 3.90. The molecule has 0 aromatic heterocycles. The molecule has 0 radical (unpaired) electrons. The Hall–Kier alpha value is -1.85. The van der Waals surface area contributed by atoms with Crippen LogP contribution < -0.4 is 0 Å². The number of aliphatic imine (C=N–C) groups is 1. The summed E-state index contributed by atoms with van der Waals surface area (Å²) in [5.74, 6) is 0.425. The third-order valence-electron chi connectivity index (χ3n) is 2.34. The first-order valence-corrected chi connectivity index (χ1v) is 5.31. The molecule has 0 N–H and O–H groups in total. The molecule has 82 valence electrons. The van der Waals surface area contributed by atoms with E-state index in [9.17, 15) is 0 Å². The van der Waals surface area contributed by atoms with Crippen molar-refractivity contribution in [1.82, 2.24) is 0 Å². The van der Waals surface area contributed by atoms with Gasteiger partial charge < -0.3 is 0 Å². The van der Waals surface area contributed by atoms with E-state index in [0.717, 1.165) is 5.56 Å². The molecule has 0 fully saturated rings. The summed E-state index contributed by atoms with van der Waals surface area (Å²) in [4.78, 5) is 3.86. The van der Waals surface area contributed by atoms with Crippen LogP contribution in [0, 0.1) is 5.92 Å². The highest BCUT2D eigenvalue weighted by Crippen LogP contribution is 2.24. The number of rotatable bonds is 4. The zero-order valence-electron chi connectivity index (χ0n) is 9.90. The molecule has 0 aliphatic rings. The van der Waals surface area contributed by atoms with Crippen LogP contribution in [0.5, 0.6) is 0 Å². The van der Waals surface area contributed by atoms with E-state index in [0.29, 0.717) is 5.92 Å². The van der Waals surface area contributed by atoms with Crippen molar-refractivity contribution in [2.24, 2.45) is 10.9 Å². The molecule has 0 aliphatic carbocycles. The SMILES string of the molecule is C=C=Cc1cccc(C(=CN=C)C(C)C)c1. The summed E-state index contributed by atoms with van der Waals surface area (Å²) in [6.45, 7) is 11.4. The van der Waals surface area contributed by atoms with Crippen LogP contribution in [0.15, 0.2) is 47.8 Å². The molecule has 0 spiro atoms. The normalized spacial score (nSPS) is 11.1. The highest BCUT2D eigenvalue weighted by atomic mass is 14.6. The van der Waals surface area contributed by atoms with Crippen molar-refractivity contribution < 1.29 is 0 Å². The second-order valence-corrected chi connectivity index (χ2v) is 3.90. The molecule has 0 bridgehead atoms. The van der Waals surface area contributed by atoms with Gasteiger partial charge in [-0.15, -0.1) is 5.73 Å². The third-order valence-corrected chi connectivity index (χ3v) is 2.34. The van der Waals surface area contributed by atoms with Gasteiger partial charge in [-0.2, -0.15) is 0 Å². The van der Waals surface area contributed by atoms with Crippen molar-refractivity contribution in [2.45, 2.75) is 13.8 Å². The molecule has 16 heavy (non-hydrogen) atoms. The number of hydrogen-bond acceptors (Lipinski definition) is 1. The first kappa shape index (κ1) is 12.2. The fourth-order valence-electron chi connectivity index (χ4n) is 1.58. The van der Waals surface area contributed by atoms with Crippen LogP contribution in [0.2, 0.25) is 0 Å². The second kappa shape index (κ2) is 5.89. The van der Waals surface area contributed by atoms with Crippen LogP contribution in [-0.4, -0.2) is 6.72 Å². The molecule has 0 atom stereocenters. The Morgan fingerprint density at radius 2 is 2.19 bits per heavy atom. The lowest BCUT2D eigenvalue weighted by atomic mass is 9.95. The highest BCUT2D eigenvalue weighted by molar-refractivity contribution is 5.69. The first-order chi connectivity index (χ1) is 7.69. The van der Waals surface area contributed by atoms with Crippen molar-refractivity contribution in [1.29, 1.82) is 0 Å². The molecule has 0 heterocycles. The predicted molar refractivity (Wildman–Crippen MR) is 72.4 cm³/mol. The molecule has 1 aromatic carbocycles. The van der Waals surface area contributed by atoms with E-state index >= 15 is 0 Å². The summed E-state index contributed by atoms with van der Waals surface area (Å²) in [6.07, 6.45) is 3.68. The van der Waals surface area contributed by atoms with Gasteiger partial charge in [0.15, 0.2) is 0 Å². The molecule has 0 amide bonds. The van der Waals surface area contributed by atoms with Gasteiger partial charge in [0.05, 0.1) is 0 Å². The molecular weight excluding hydrogens is 194 g/mol.